The molecule has 0 spiro atoms. The molecule has 1 unspecified atom stereocenters. The standard InChI is InChI=1S/C20H21Cl2FN2O2/c21-17-6-3-15(9-18(17)22)11-20(12-24-7-8-27-20)13-25-19(26)10-14-1-4-16(23)5-2-14/h1-6,9,24H,7-8,10-13H2,(H,25,26). The zero-order valence-electron chi connectivity index (χ0n) is 14.7. The first-order valence-electron chi connectivity index (χ1n) is 8.76. The Morgan fingerprint density at radius 3 is 2.56 bits per heavy atom. The molecule has 1 heterocycles. The zero-order chi connectivity index (χ0) is 19.3. The summed E-state index contributed by atoms with van der Waals surface area (Å²) in [6, 6.07) is 11.4. The van der Waals surface area contributed by atoms with Crippen molar-refractivity contribution < 1.29 is 13.9 Å². The van der Waals surface area contributed by atoms with E-state index in [2.05, 4.69) is 10.6 Å². The molecule has 7 heteroatoms. The summed E-state index contributed by atoms with van der Waals surface area (Å²) in [7, 11) is 0. The van der Waals surface area contributed by atoms with Crippen LogP contribution in [0, 0.1) is 5.82 Å². The van der Waals surface area contributed by atoms with Gasteiger partial charge in [-0.25, -0.2) is 4.39 Å². The Bertz CT molecular complexity index is 793. The van der Waals surface area contributed by atoms with Crippen molar-refractivity contribution in [3.63, 3.8) is 0 Å². The molecule has 0 saturated carbocycles. The Morgan fingerprint density at radius 1 is 1.15 bits per heavy atom. The van der Waals surface area contributed by atoms with E-state index in [1.807, 2.05) is 12.1 Å². The van der Waals surface area contributed by atoms with Gasteiger partial charge in [0.25, 0.3) is 0 Å². The minimum absolute atomic E-state index is 0.135. The highest BCUT2D eigenvalue weighted by Crippen LogP contribution is 2.26. The van der Waals surface area contributed by atoms with E-state index in [1.165, 1.54) is 12.1 Å². The second kappa shape index (κ2) is 9.02. The number of hydrogen-bond acceptors (Lipinski definition) is 3. The summed E-state index contributed by atoms with van der Waals surface area (Å²) in [5, 5.41) is 7.27. The summed E-state index contributed by atoms with van der Waals surface area (Å²) >= 11 is 12.1. The smallest absolute Gasteiger partial charge is 0.224 e. The Labute approximate surface area is 168 Å². The van der Waals surface area contributed by atoms with E-state index in [4.69, 9.17) is 27.9 Å². The fraction of sp³-hybridized carbons (Fsp3) is 0.350. The van der Waals surface area contributed by atoms with Crippen LogP contribution in [0.2, 0.25) is 10.0 Å². The first-order chi connectivity index (χ1) is 13.0. The van der Waals surface area contributed by atoms with Crippen LogP contribution in [-0.2, 0) is 22.4 Å². The molecule has 27 heavy (non-hydrogen) atoms. The number of carbonyl (C=O) groups excluding carboxylic acids is 1. The van der Waals surface area contributed by atoms with E-state index in [9.17, 15) is 9.18 Å². The van der Waals surface area contributed by atoms with E-state index in [0.29, 0.717) is 36.2 Å². The van der Waals surface area contributed by atoms with E-state index in [-0.39, 0.29) is 18.1 Å². The number of amides is 1. The van der Waals surface area contributed by atoms with Crippen LogP contribution in [0.25, 0.3) is 0 Å². The lowest BCUT2D eigenvalue weighted by atomic mass is 9.92. The molecule has 1 aliphatic heterocycles. The average Bonchev–Trinajstić information content (AvgIpc) is 2.66. The highest BCUT2D eigenvalue weighted by atomic mass is 35.5. The fourth-order valence-electron chi connectivity index (χ4n) is 3.13. The van der Waals surface area contributed by atoms with Crippen LogP contribution in [0.5, 0.6) is 0 Å². The third-order valence-electron chi connectivity index (χ3n) is 4.53. The largest absolute Gasteiger partial charge is 0.370 e. The molecule has 144 valence electrons. The van der Waals surface area contributed by atoms with Gasteiger partial charge in [0, 0.05) is 26.1 Å². The summed E-state index contributed by atoms with van der Waals surface area (Å²) in [5.41, 5.74) is 1.18. The van der Waals surface area contributed by atoms with Gasteiger partial charge in [-0.1, -0.05) is 41.4 Å². The van der Waals surface area contributed by atoms with E-state index < -0.39 is 5.60 Å². The van der Waals surface area contributed by atoms with Crippen molar-refractivity contribution in [1.29, 1.82) is 0 Å². The van der Waals surface area contributed by atoms with Gasteiger partial charge in [-0.05, 0) is 35.4 Å². The van der Waals surface area contributed by atoms with Gasteiger partial charge in [0.1, 0.15) is 11.4 Å². The molecule has 2 aromatic rings. The van der Waals surface area contributed by atoms with Crippen molar-refractivity contribution >= 4 is 29.1 Å². The third kappa shape index (κ3) is 5.66. The number of morpholine rings is 1. The molecule has 1 amide bonds. The molecule has 2 aromatic carbocycles. The normalized spacial score (nSPS) is 19.7. The molecule has 0 radical (unpaired) electrons. The Kier molecular flexibility index (Phi) is 6.71. The van der Waals surface area contributed by atoms with Crippen LogP contribution in [0.3, 0.4) is 0 Å². The lowest BCUT2D eigenvalue weighted by molar-refractivity contribution is -0.123. The van der Waals surface area contributed by atoms with Crippen LogP contribution in [0.1, 0.15) is 11.1 Å². The predicted molar refractivity (Wildman–Crippen MR) is 105 cm³/mol. The molecule has 4 nitrogen and oxygen atoms in total. The van der Waals surface area contributed by atoms with Gasteiger partial charge in [-0.15, -0.1) is 0 Å². The lowest BCUT2D eigenvalue weighted by Gasteiger charge is -2.38. The first-order valence-corrected chi connectivity index (χ1v) is 9.51. The SMILES string of the molecule is O=C(Cc1ccc(F)cc1)NCC1(Cc2ccc(Cl)c(Cl)c2)CNCCO1. The molecule has 1 fully saturated rings. The molecule has 3 rings (SSSR count). The minimum atomic E-state index is -0.562. The van der Waals surface area contributed by atoms with Crippen molar-refractivity contribution in [3.8, 4) is 0 Å². The van der Waals surface area contributed by atoms with Gasteiger partial charge in [-0.2, -0.15) is 0 Å². The minimum Gasteiger partial charge on any atom is -0.370 e. The third-order valence-corrected chi connectivity index (χ3v) is 5.27. The quantitative estimate of drug-likeness (QED) is 0.767. The van der Waals surface area contributed by atoms with Gasteiger partial charge in [-0.3, -0.25) is 4.79 Å². The number of carbonyl (C=O) groups is 1. The van der Waals surface area contributed by atoms with Crippen LogP contribution >= 0.6 is 23.2 Å². The van der Waals surface area contributed by atoms with Gasteiger partial charge in [0.2, 0.25) is 5.91 Å². The summed E-state index contributed by atoms with van der Waals surface area (Å²) in [4.78, 5) is 12.3. The molecular formula is C20H21Cl2FN2O2. The summed E-state index contributed by atoms with van der Waals surface area (Å²) < 4.78 is 19.0. The zero-order valence-corrected chi connectivity index (χ0v) is 16.2. The van der Waals surface area contributed by atoms with Crippen LogP contribution in [0.4, 0.5) is 4.39 Å². The number of halogens is 3. The highest BCUT2D eigenvalue weighted by molar-refractivity contribution is 6.42. The van der Waals surface area contributed by atoms with E-state index >= 15 is 0 Å². The molecule has 1 atom stereocenters. The maximum atomic E-state index is 13.0. The highest BCUT2D eigenvalue weighted by Gasteiger charge is 2.34. The van der Waals surface area contributed by atoms with Crippen LogP contribution in [0.15, 0.2) is 42.5 Å². The van der Waals surface area contributed by atoms with Crippen LogP contribution < -0.4 is 10.6 Å². The molecule has 0 aromatic heterocycles. The number of benzene rings is 2. The number of nitrogens with one attached hydrogen (secondary N) is 2. The molecule has 0 aliphatic carbocycles. The van der Waals surface area contributed by atoms with Crippen molar-refractivity contribution in [2.24, 2.45) is 0 Å². The first kappa shape index (κ1) is 20.1. The van der Waals surface area contributed by atoms with E-state index in [0.717, 1.165) is 17.7 Å². The van der Waals surface area contributed by atoms with Crippen molar-refractivity contribution in [3.05, 3.63) is 69.5 Å². The lowest BCUT2D eigenvalue weighted by Crippen LogP contribution is -2.57. The van der Waals surface area contributed by atoms with E-state index in [1.54, 1.807) is 18.2 Å². The summed E-state index contributed by atoms with van der Waals surface area (Å²) in [6.07, 6.45) is 0.782. The molecule has 0 bridgehead atoms. The molecular weight excluding hydrogens is 390 g/mol. The second-order valence-electron chi connectivity index (χ2n) is 6.71. The predicted octanol–water partition coefficient (Wildman–Crippen LogP) is 3.39. The molecule has 1 aliphatic rings. The van der Waals surface area contributed by atoms with Gasteiger partial charge >= 0.3 is 0 Å². The average molecular weight is 411 g/mol. The van der Waals surface area contributed by atoms with Gasteiger partial charge in [0.15, 0.2) is 0 Å². The maximum absolute atomic E-state index is 13.0. The monoisotopic (exact) mass is 410 g/mol. The second-order valence-corrected chi connectivity index (χ2v) is 7.53. The Hall–Kier alpha value is -1.66. The fourth-order valence-corrected chi connectivity index (χ4v) is 3.45. The molecule has 2 N–H and O–H groups in total. The Morgan fingerprint density at radius 2 is 1.89 bits per heavy atom. The summed E-state index contributed by atoms with van der Waals surface area (Å²) in [5.74, 6) is -0.453. The number of rotatable bonds is 6. The van der Waals surface area contributed by atoms with Gasteiger partial charge < -0.3 is 15.4 Å². The number of hydrogen-bond donors (Lipinski definition) is 2. The van der Waals surface area contributed by atoms with Gasteiger partial charge in [0.05, 0.1) is 23.1 Å². The Balaban J connectivity index is 1.64. The van der Waals surface area contributed by atoms with Crippen molar-refractivity contribution in [1.82, 2.24) is 10.6 Å². The summed E-state index contributed by atoms with van der Waals surface area (Å²) in [6.45, 7) is 2.31. The topological polar surface area (TPSA) is 50.4 Å². The van der Waals surface area contributed by atoms with Crippen molar-refractivity contribution in [2.45, 2.75) is 18.4 Å². The van der Waals surface area contributed by atoms with Crippen LogP contribution in [-0.4, -0.2) is 37.7 Å². The maximum Gasteiger partial charge on any atom is 0.224 e. The number of ether oxygens (including phenoxy) is 1. The molecule has 1 saturated heterocycles. The van der Waals surface area contributed by atoms with Crippen molar-refractivity contribution in [2.75, 3.05) is 26.2 Å².